The van der Waals surface area contributed by atoms with Gasteiger partial charge < -0.3 is 18.9 Å². The highest BCUT2D eigenvalue weighted by atomic mass is 35.5. The minimum atomic E-state index is -1.14. The zero-order valence-corrected chi connectivity index (χ0v) is 18.9. The van der Waals surface area contributed by atoms with Crippen LogP contribution < -0.4 is 0 Å². The van der Waals surface area contributed by atoms with E-state index in [2.05, 4.69) is 10.0 Å². The number of halogens is 1. The van der Waals surface area contributed by atoms with E-state index in [0.29, 0.717) is 9.92 Å². The predicted molar refractivity (Wildman–Crippen MR) is 111 cm³/mol. The van der Waals surface area contributed by atoms with Crippen LogP contribution in [0.2, 0.25) is 5.02 Å². The van der Waals surface area contributed by atoms with Crippen LogP contribution in [0.5, 0.6) is 0 Å². The van der Waals surface area contributed by atoms with E-state index in [9.17, 15) is 14.4 Å². The molecule has 31 heavy (non-hydrogen) atoms. The Morgan fingerprint density at radius 3 is 2.35 bits per heavy atom. The first-order valence-electron chi connectivity index (χ1n) is 9.22. The molecule has 5 atom stereocenters. The molecule has 0 aromatic heterocycles. The number of carbonyl (C=O) groups is 3. The van der Waals surface area contributed by atoms with Crippen molar-refractivity contribution in [2.75, 3.05) is 6.61 Å². The topological polar surface area (TPSA) is 137 Å². The lowest BCUT2D eigenvalue weighted by Gasteiger charge is -2.43. The Hall–Kier alpha value is -2.46. The van der Waals surface area contributed by atoms with Crippen LogP contribution in [0.4, 0.5) is 0 Å². The lowest BCUT2D eigenvalue weighted by molar-refractivity contribution is -0.201. The molecular weight excluding hydrogens is 450 g/mol. The number of aryl methyl sites for hydroxylation is 1. The third-order valence-corrected chi connectivity index (χ3v) is 5.80. The summed E-state index contributed by atoms with van der Waals surface area (Å²) in [6.45, 7) is 5.18. The van der Waals surface area contributed by atoms with Crippen molar-refractivity contribution in [1.82, 2.24) is 0 Å². The first kappa shape index (κ1) is 24.8. The summed E-state index contributed by atoms with van der Waals surface area (Å²) in [6.07, 6.45) is -3.19. The van der Waals surface area contributed by atoms with Crippen LogP contribution in [0.3, 0.4) is 0 Å². The number of ether oxygens (including phenoxy) is 4. The fourth-order valence-corrected chi connectivity index (χ4v) is 4.34. The number of benzene rings is 1. The molecule has 2 rings (SSSR count). The molecular formula is C19H22ClN3O7S. The molecule has 0 spiro atoms. The van der Waals surface area contributed by atoms with Gasteiger partial charge >= 0.3 is 17.9 Å². The monoisotopic (exact) mass is 471 g/mol. The fourth-order valence-electron chi connectivity index (χ4n) is 2.95. The minimum Gasteiger partial charge on any atom is -0.463 e. The first-order chi connectivity index (χ1) is 14.6. The number of rotatable bonds is 7. The van der Waals surface area contributed by atoms with Crippen molar-refractivity contribution in [2.45, 2.75) is 62.4 Å². The Kier molecular flexibility index (Phi) is 9.00. The molecule has 1 aromatic rings. The maximum Gasteiger partial charge on any atom is 0.303 e. The fraction of sp³-hybridized carbons (Fsp3) is 0.526. The predicted octanol–water partition coefficient (Wildman–Crippen LogP) is 3.57. The second kappa shape index (κ2) is 11.2. The van der Waals surface area contributed by atoms with E-state index < -0.39 is 47.7 Å². The van der Waals surface area contributed by atoms with Crippen molar-refractivity contribution in [2.24, 2.45) is 5.11 Å². The van der Waals surface area contributed by atoms with Crippen LogP contribution in [0.25, 0.3) is 10.4 Å². The van der Waals surface area contributed by atoms with Crippen molar-refractivity contribution in [3.8, 4) is 0 Å². The number of hydrogen-bond donors (Lipinski definition) is 0. The molecule has 10 nitrogen and oxygen atoms in total. The molecule has 0 bridgehead atoms. The van der Waals surface area contributed by atoms with E-state index in [1.807, 2.05) is 19.1 Å². The Bertz CT molecular complexity index is 893. The lowest BCUT2D eigenvalue weighted by Crippen LogP contribution is -2.59. The summed E-state index contributed by atoms with van der Waals surface area (Å²) in [5, 5.41) is 4.25. The molecule has 0 N–H and O–H groups in total. The smallest absolute Gasteiger partial charge is 0.303 e. The van der Waals surface area contributed by atoms with Gasteiger partial charge in [0.25, 0.3) is 0 Å². The van der Waals surface area contributed by atoms with E-state index in [-0.39, 0.29) is 6.61 Å². The van der Waals surface area contributed by atoms with Crippen molar-refractivity contribution in [1.29, 1.82) is 0 Å². The average Bonchev–Trinajstić information content (AvgIpc) is 2.67. The second-order valence-electron chi connectivity index (χ2n) is 6.72. The molecule has 0 amide bonds. The van der Waals surface area contributed by atoms with Crippen LogP contribution in [0.1, 0.15) is 26.3 Å². The second-order valence-corrected chi connectivity index (χ2v) is 8.30. The number of hydrogen-bond acceptors (Lipinski definition) is 9. The Morgan fingerprint density at radius 2 is 1.81 bits per heavy atom. The maximum atomic E-state index is 11.8. The normalized spacial score (nSPS) is 25.1. The molecule has 1 heterocycles. The Labute approximate surface area is 188 Å². The van der Waals surface area contributed by atoms with Crippen molar-refractivity contribution in [3.63, 3.8) is 0 Å². The standard InChI is InChI=1S/C19H22ClN3O7S/c1-9-5-6-13(7-14(9)20)31-19-18(29-12(4)26)16(22-23-21)17(28-11(3)25)15(30-19)8-27-10(2)24/h5-7,15-19H,8H2,1-4H3/t15-,16+,17+,18-,19-/m1/s1. The zero-order chi connectivity index (χ0) is 23.1. The molecule has 0 aliphatic carbocycles. The summed E-state index contributed by atoms with van der Waals surface area (Å²) in [5.41, 5.74) is 9.10. The zero-order valence-electron chi connectivity index (χ0n) is 17.3. The number of esters is 3. The minimum absolute atomic E-state index is 0.261. The van der Waals surface area contributed by atoms with Gasteiger partial charge in [0.2, 0.25) is 0 Å². The van der Waals surface area contributed by atoms with Gasteiger partial charge in [0.1, 0.15) is 36.4 Å². The molecule has 1 saturated heterocycles. The number of thioether (sulfide) groups is 1. The summed E-state index contributed by atoms with van der Waals surface area (Å²) in [6, 6.07) is 4.22. The summed E-state index contributed by atoms with van der Waals surface area (Å²) >= 11 is 7.38. The van der Waals surface area contributed by atoms with Gasteiger partial charge in [-0.15, -0.1) is 0 Å². The van der Waals surface area contributed by atoms with E-state index in [1.165, 1.54) is 32.5 Å². The Morgan fingerprint density at radius 1 is 1.16 bits per heavy atom. The van der Waals surface area contributed by atoms with Crippen molar-refractivity contribution < 1.29 is 33.3 Å². The third kappa shape index (κ3) is 7.03. The van der Waals surface area contributed by atoms with E-state index in [4.69, 9.17) is 36.1 Å². The van der Waals surface area contributed by atoms with Crippen molar-refractivity contribution in [3.05, 3.63) is 39.2 Å². The third-order valence-electron chi connectivity index (χ3n) is 4.25. The van der Waals surface area contributed by atoms with Crippen LogP contribution in [-0.2, 0) is 33.3 Å². The highest BCUT2D eigenvalue weighted by Crippen LogP contribution is 2.38. The highest BCUT2D eigenvalue weighted by molar-refractivity contribution is 7.99. The molecule has 168 valence electrons. The van der Waals surface area contributed by atoms with Gasteiger partial charge in [-0.25, -0.2) is 0 Å². The van der Waals surface area contributed by atoms with E-state index in [1.54, 1.807) is 6.07 Å². The molecule has 1 aromatic carbocycles. The average molecular weight is 472 g/mol. The van der Waals surface area contributed by atoms with E-state index >= 15 is 0 Å². The first-order valence-corrected chi connectivity index (χ1v) is 10.5. The van der Waals surface area contributed by atoms with Crippen LogP contribution in [0, 0.1) is 6.92 Å². The van der Waals surface area contributed by atoms with Crippen LogP contribution in [-0.4, -0.2) is 54.3 Å². The van der Waals surface area contributed by atoms with Crippen molar-refractivity contribution >= 4 is 41.3 Å². The van der Waals surface area contributed by atoms with Crippen LogP contribution in [0.15, 0.2) is 28.2 Å². The molecule has 1 fully saturated rings. The molecule has 0 saturated carbocycles. The number of nitrogens with zero attached hydrogens (tertiary/aromatic N) is 3. The number of carbonyl (C=O) groups excluding carboxylic acids is 3. The molecule has 0 radical (unpaired) electrons. The van der Waals surface area contributed by atoms with Gasteiger partial charge in [-0.3, -0.25) is 14.4 Å². The molecule has 0 unspecified atom stereocenters. The largest absolute Gasteiger partial charge is 0.463 e. The lowest BCUT2D eigenvalue weighted by atomic mass is 9.97. The quantitative estimate of drug-likeness (QED) is 0.193. The van der Waals surface area contributed by atoms with Crippen LogP contribution >= 0.6 is 23.4 Å². The van der Waals surface area contributed by atoms with Gasteiger partial charge in [0.15, 0.2) is 0 Å². The molecule has 12 heteroatoms. The Balaban J connectivity index is 2.44. The highest BCUT2D eigenvalue weighted by Gasteiger charge is 2.50. The summed E-state index contributed by atoms with van der Waals surface area (Å²) in [4.78, 5) is 38.3. The molecule has 1 aliphatic heterocycles. The van der Waals surface area contributed by atoms with Gasteiger partial charge in [0, 0.05) is 35.6 Å². The van der Waals surface area contributed by atoms with Gasteiger partial charge in [-0.2, -0.15) is 0 Å². The number of azide groups is 1. The maximum absolute atomic E-state index is 11.8. The van der Waals surface area contributed by atoms with Gasteiger partial charge in [-0.1, -0.05) is 34.5 Å². The molecule has 1 aliphatic rings. The SMILES string of the molecule is CC(=O)OC[C@H]1O[C@H](Sc2ccc(C)c(Cl)c2)[C@H](OC(C)=O)[C@@H](N=[N+]=[N-])[C@H]1OC(C)=O. The van der Waals surface area contributed by atoms with Gasteiger partial charge in [0.05, 0.1) is 0 Å². The summed E-state index contributed by atoms with van der Waals surface area (Å²) in [5.74, 6) is -1.88. The van der Waals surface area contributed by atoms with E-state index in [0.717, 1.165) is 5.56 Å². The summed E-state index contributed by atoms with van der Waals surface area (Å²) < 4.78 is 21.8. The summed E-state index contributed by atoms with van der Waals surface area (Å²) in [7, 11) is 0. The van der Waals surface area contributed by atoms with Gasteiger partial charge in [-0.05, 0) is 30.2 Å².